The van der Waals surface area contributed by atoms with Crippen molar-refractivity contribution in [2.24, 2.45) is 10.7 Å². The summed E-state index contributed by atoms with van der Waals surface area (Å²) in [5, 5.41) is 17.0. The Morgan fingerprint density at radius 2 is 1.92 bits per heavy atom. The number of halogens is 1. The van der Waals surface area contributed by atoms with Crippen LogP contribution in [0.2, 0.25) is 0 Å². The molecule has 4 N–H and O–H groups in total. The van der Waals surface area contributed by atoms with Gasteiger partial charge in [0.15, 0.2) is 5.96 Å². The molecule has 0 bridgehead atoms. The van der Waals surface area contributed by atoms with Crippen molar-refractivity contribution in [3.05, 3.63) is 63.7 Å². The van der Waals surface area contributed by atoms with E-state index in [1.54, 1.807) is 18.2 Å². The molecule has 8 heteroatoms. The summed E-state index contributed by atoms with van der Waals surface area (Å²) in [5.74, 6) is 0.308. The Bertz CT molecular complexity index is 764. The second kappa shape index (κ2) is 9.82. The number of aryl methyl sites for hydroxylation is 2. The maximum absolute atomic E-state index is 10.9. The molecule has 0 saturated carbocycles. The first kappa shape index (κ1) is 20.7. The van der Waals surface area contributed by atoms with Crippen LogP contribution in [-0.4, -0.2) is 24.0 Å². The van der Waals surface area contributed by atoms with Crippen molar-refractivity contribution < 1.29 is 4.92 Å². The van der Waals surface area contributed by atoms with E-state index in [9.17, 15) is 10.1 Å². The van der Waals surface area contributed by atoms with E-state index < -0.39 is 4.92 Å². The molecule has 0 amide bonds. The largest absolute Gasteiger partial charge is 0.378 e. The zero-order chi connectivity index (χ0) is 17.5. The Kier molecular flexibility index (Phi) is 8.12. The number of para-hydroxylation sites is 2. The van der Waals surface area contributed by atoms with Gasteiger partial charge in [0.05, 0.1) is 11.5 Å². The van der Waals surface area contributed by atoms with E-state index in [1.165, 1.54) is 17.2 Å². The van der Waals surface area contributed by atoms with Gasteiger partial charge in [0.25, 0.3) is 5.69 Å². The Labute approximate surface area is 163 Å². The SMILES string of the molecule is Cc1ccc(NC(N)=NCCNc2ccccc2[N+](=O)[O-])cc1C.I. The minimum atomic E-state index is -0.415. The van der Waals surface area contributed by atoms with Gasteiger partial charge in [-0.15, -0.1) is 24.0 Å². The van der Waals surface area contributed by atoms with E-state index >= 15 is 0 Å². The summed E-state index contributed by atoms with van der Waals surface area (Å²) in [4.78, 5) is 14.7. The lowest BCUT2D eigenvalue weighted by atomic mass is 10.1. The van der Waals surface area contributed by atoms with Crippen molar-refractivity contribution in [2.75, 3.05) is 23.7 Å². The van der Waals surface area contributed by atoms with Crippen molar-refractivity contribution in [2.45, 2.75) is 13.8 Å². The zero-order valence-corrected chi connectivity index (χ0v) is 16.5. The summed E-state index contributed by atoms with van der Waals surface area (Å²) < 4.78 is 0. The van der Waals surface area contributed by atoms with E-state index in [0.717, 1.165) is 5.69 Å². The summed E-state index contributed by atoms with van der Waals surface area (Å²) in [6, 6.07) is 12.5. The van der Waals surface area contributed by atoms with Crippen LogP contribution in [0.25, 0.3) is 0 Å². The van der Waals surface area contributed by atoms with E-state index in [4.69, 9.17) is 5.73 Å². The quantitative estimate of drug-likeness (QED) is 0.154. The number of anilines is 2. The Hall–Kier alpha value is -2.36. The van der Waals surface area contributed by atoms with Crippen molar-refractivity contribution in [3.63, 3.8) is 0 Å². The number of aliphatic imine (C=N–C) groups is 1. The van der Waals surface area contributed by atoms with Crippen LogP contribution >= 0.6 is 24.0 Å². The molecule has 0 aliphatic heterocycles. The van der Waals surface area contributed by atoms with Crippen LogP contribution in [0.1, 0.15) is 11.1 Å². The minimum Gasteiger partial charge on any atom is -0.378 e. The van der Waals surface area contributed by atoms with E-state index in [-0.39, 0.29) is 29.7 Å². The van der Waals surface area contributed by atoms with E-state index in [0.29, 0.717) is 24.7 Å². The smallest absolute Gasteiger partial charge is 0.292 e. The highest BCUT2D eigenvalue weighted by molar-refractivity contribution is 14.0. The maximum atomic E-state index is 10.9. The standard InChI is InChI=1S/C17H21N5O2.HI/c1-12-7-8-14(11-13(12)2)21-17(18)20-10-9-19-15-5-3-4-6-16(15)22(23)24;/h3-8,11,19H,9-10H2,1-2H3,(H3,18,20,21);1H. The fourth-order valence-corrected chi connectivity index (χ4v) is 2.16. The summed E-state index contributed by atoms with van der Waals surface area (Å²) in [5.41, 5.74) is 9.63. The van der Waals surface area contributed by atoms with Gasteiger partial charge < -0.3 is 16.4 Å². The molecule has 7 nitrogen and oxygen atoms in total. The summed E-state index contributed by atoms with van der Waals surface area (Å²) in [6.45, 7) is 4.92. The number of benzene rings is 2. The zero-order valence-electron chi connectivity index (χ0n) is 14.2. The van der Waals surface area contributed by atoms with Crippen LogP contribution in [0.4, 0.5) is 17.1 Å². The van der Waals surface area contributed by atoms with Crippen molar-refractivity contribution in [3.8, 4) is 0 Å². The van der Waals surface area contributed by atoms with Gasteiger partial charge in [-0.1, -0.05) is 18.2 Å². The number of nitrogens with one attached hydrogen (secondary N) is 2. The lowest BCUT2D eigenvalue weighted by Crippen LogP contribution is -2.23. The number of nitro groups is 1. The van der Waals surface area contributed by atoms with Crippen LogP contribution in [-0.2, 0) is 0 Å². The fraction of sp³-hybridized carbons (Fsp3) is 0.235. The molecule has 0 fully saturated rings. The fourth-order valence-electron chi connectivity index (χ4n) is 2.16. The summed E-state index contributed by atoms with van der Waals surface area (Å²) >= 11 is 0. The average Bonchev–Trinajstić information content (AvgIpc) is 2.55. The van der Waals surface area contributed by atoms with E-state index in [1.807, 2.05) is 32.0 Å². The molecule has 0 spiro atoms. The number of guanidine groups is 1. The minimum absolute atomic E-state index is 0. The topological polar surface area (TPSA) is 106 Å². The third-order valence-electron chi connectivity index (χ3n) is 3.59. The Morgan fingerprint density at radius 3 is 2.60 bits per heavy atom. The Balaban J connectivity index is 0.00000312. The van der Waals surface area contributed by atoms with Gasteiger partial charge in [-0.05, 0) is 43.2 Å². The molecule has 0 unspecified atom stereocenters. The normalized spacial score (nSPS) is 10.7. The number of nitrogens with two attached hydrogens (primary N) is 1. The molecular formula is C17H22IN5O2. The van der Waals surface area contributed by atoms with Gasteiger partial charge >= 0.3 is 0 Å². The van der Waals surface area contributed by atoms with Crippen molar-refractivity contribution in [1.29, 1.82) is 0 Å². The van der Waals surface area contributed by atoms with Crippen LogP contribution in [0.5, 0.6) is 0 Å². The lowest BCUT2D eigenvalue weighted by Gasteiger charge is -2.09. The predicted octanol–water partition coefficient (Wildman–Crippen LogP) is 3.67. The molecule has 2 aromatic carbocycles. The number of nitro benzene ring substituents is 1. The molecule has 0 aliphatic carbocycles. The van der Waals surface area contributed by atoms with Crippen LogP contribution in [0, 0.1) is 24.0 Å². The molecule has 0 saturated heterocycles. The first-order valence-corrected chi connectivity index (χ1v) is 7.59. The van der Waals surface area contributed by atoms with Gasteiger partial charge in [-0.2, -0.15) is 0 Å². The maximum Gasteiger partial charge on any atom is 0.292 e. The van der Waals surface area contributed by atoms with Crippen molar-refractivity contribution in [1.82, 2.24) is 0 Å². The summed E-state index contributed by atoms with van der Waals surface area (Å²) in [7, 11) is 0. The highest BCUT2D eigenvalue weighted by Gasteiger charge is 2.10. The van der Waals surface area contributed by atoms with Gasteiger partial charge in [0.2, 0.25) is 0 Å². The first-order valence-electron chi connectivity index (χ1n) is 7.59. The van der Waals surface area contributed by atoms with Gasteiger partial charge in [0.1, 0.15) is 5.69 Å². The number of hydrogen-bond donors (Lipinski definition) is 3. The van der Waals surface area contributed by atoms with Crippen LogP contribution in [0.15, 0.2) is 47.5 Å². The van der Waals surface area contributed by atoms with Gasteiger partial charge in [0, 0.05) is 18.3 Å². The number of hydrogen-bond acceptors (Lipinski definition) is 4. The average molecular weight is 455 g/mol. The predicted molar refractivity (Wildman–Crippen MR) is 113 cm³/mol. The molecule has 0 aromatic heterocycles. The third kappa shape index (κ3) is 6.22. The second-order valence-electron chi connectivity index (χ2n) is 5.39. The highest BCUT2D eigenvalue weighted by atomic mass is 127. The third-order valence-corrected chi connectivity index (χ3v) is 3.59. The highest BCUT2D eigenvalue weighted by Crippen LogP contribution is 2.22. The number of rotatable bonds is 6. The molecule has 0 radical (unpaired) electrons. The van der Waals surface area contributed by atoms with E-state index in [2.05, 4.69) is 15.6 Å². The second-order valence-corrected chi connectivity index (χ2v) is 5.39. The van der Waals surface area contributed by atoms with Gasteiger partial charge in [-0.25, -0.2) is 0 Å². The summed E-state index contributed by atoms with van der Waals surface area (Å²) in [6.07, 6.45) is 0. The molecule has 2 aromatic rings. The van der Waals surface area contributed by atoms with Gasteiger partial charge in [-0.3, -0.25) is 15.1 Å². The molecule has 2 rings (SSSR count). The van der Waals surface area contributed by atoms with Crippen LogP contribution < -0.4 is 16.4 Å². The molecular weight excluding hydrogens is 433 g/mol. The molecule has 134 valence electrons. The van der Waals surface area contributed by atoms with Crippen molar-refractivity contribution >= 4 is 47.0 Å². The van der Waals surface area contributed by atoms with Crippen LogP contribution in [0.3, 0.4) is 0 Å². The molecule has 0 aliphatic rings. The first-order chi connectivity index (χ1) is 11.5. The Morgan fingerprint density at radius 1 is 1.20 bits per heavy atom. The lowest BCUT2D eigenvalue weighted by molar-refractivity contribution is -0.384. The number of nitrogens with zero attached hydrogens (tertiary/aromatic N) is 2. The molecule has 0 heterocycles. The molecule has 0 atom stereocenters. The molecule has 25 heavy (non-hydrogen) atoms. The monoisotopic (exact) mass is 455 g/mol.